The van der Waals surface area contributed by atoms with Crippen molar-refractivity contribution in [2.75, 3.05) is 37.5 Å². The number of rotatable bonds is 9. The molecule has 164 valence electrons. The summed E-state index contributed by atoms with van der Waals surface area (Å²) in [5.41, 5.74) is 2.63. The first-order valence-electron chi connectivity index (χ1n) is 10.3. The summed E-state index contributed by atoms with van der Waals surface area (Å²) in [5, 5.41) is 3.11. The maximum atomic E-state index is 13.4. The number of anilines is 2. The van der Waals surface area contributed by atoms with E-state index in [4.69, 9.17) is 4.74 Å². The summed E-state index contributed by atoms with van der Waals surface area (Å²) in [4.78, 5) is 29.5. The van der Waals surface area contributed by atoms with Crippen LogP contribution in [0.5, 0.6) is 0 Å². The lowest BCUT2D eigenvalue weighted by molar-refractivity contribution is -0.137. The molecule has 1 N–H and O–H groups in total. The molecule has 31 heavy (non-hydrogen) atoms. The van der Waals surface area contributed by atoms with Crippen LogP contribution in [0.3, 0.4) is 0 Å². The number of hydrogen-bond acceptors (Lipinski definition) is 5. The number of amides is 2. The summed E-state index contributed by atoms with van der Waals surface area (Å²) >= 11 is 0. The van der Waals surface area contributed by atoms with Crippen molar-refractivity contribution in [3.8, 4) is 0 Å². The van der Waals surface area contributed by atoms with Gasteiger partial charge in [-0.3, -0.25) is 14.5 Å². The number of nitrogens with zero attached hydrogens (tertiary/aromatic N) is 2. The molecule has 0 fully saturated rings. The molecule has 2 aromatic carbocycles. The maximum Gasteiger partial charge on any atom is 0.278 e. The van der Waals surface area contributed by atoms with Crippen molar-refractivity contribution in [2.24, 2.45) is 0 Å². The summed E-state index contributed by atoms with van der Waals surface area (Å²) in [6, 6.07) is 13.1. The summed E-state index contributed by atoms with van der Waals surface area (Å²) in [6.45, 7) is 4.57. The number of hydrogen-bond donors (Lipinski definition) is 1. The van der Waals surface area contributed by atoms with E-state index < -0.39 is 17.6 Å². The third kappa shape index (κ3) is 5.30. The zero-order valence-electron chi connectivity index (χ0n) is 18.3. The lowest BCUT2D eigenvalue weighted by Crippen LogP contribution is -2.34. The van der Waals surface area contributed by atoms with Gasteiger partial charge in [0.2, 0.25) is 0 Å². The second-order valence-electron chi connectivity index (χ2n) is 7.86. The fourth-order valence-electron chi connectivity index (χ4n) is 3.31. The van der Waals surface area contributed by atoms with Gasteiger partial charge in [-0.25, -0.2) is 4.39 Å². The number of halogens is 1. The Morgan fingerprint density at radius 2 is 1.65 bits per heavy atom. The molecule has 2 amide bonds. The van der Waals surface area contributed by atoms with Gasteiger partial charge in [-0.15, -0.1) is 0 Å². The van der Waals surface area contributed by atoms with Crippen molar-refractivity contribution in [1.82, 2.24) is 4.90 Å². The van der Waals surface area contributed by atoms with Crippen molar-refractivity contribution in [3.05, 3.63) is 65.6 Å². The summed E-state index contributed by atoms with van der Waals surface area (Å²) < 4.78 is 19.0. The average Bonchev–Trinajstić information content (AvgIpc) is 2.96. The molecule has 0 spiro atoms. The number of imide groups is 1. The zero-order valence-corrected chi connectivity index (χ0v) is 18.3. The van der Waals surface area contributed by atoms with E-state index in [-0.39, 0.29) is 23.9 Å². The largest absolute Gasteiger partial charge is 0.379 e. The molecular formula is C24H28FN3O3. The van der Waals surface area contributed by atoms with Crippen LogP contribution in [0.2, 0.25) is 0 Å². The van der Waals surface area contributed by atoms with Crippen LogP contribution in [0, 0.1) is 5.82 Å². The molecule has 1 aliphatic rings. The first-order chi connectivity index (χ1) is 14.8. The highest BCUT2D eigenvalue weighted by Gasteiger charge is 2.38. The van der Waals surface area contributed by atoms with Crippen LogP contribution >= 0.6 is 0 Å². The summed E-state index contributed by atoms with van der Waals surface area (Å²) in [6.07, 6.45) is 0.622. The van der Waals surface area contributed by atoms with Crippen LogP contribution in [-0.2, 0) is 14.3 Å². The van der Waals surface area contributed by atoms with Gasteiger partial charge in [-0.05, 0) is 62.2 Å². The lowest BCUT2D eigenvalue weighted by Gasteiger charge is -2.16. The minimum Gasteiger partial charge on any atom is -0.379 e. The molecule has 0 aromatic heterocycles. The number of carbonyl (C=O) groups is 2. The Morgan fingerprint density at radius 3 is 2.23 bits per heavy atom. The Kier molecular flexibility index (Phi) is 7.07. The molecule has 6 nitrogen and oxygen atoms in total. The Bertz CT molecular complexity index is 967. The molecule has 7 heteroatoms. The average molecular weight is 426 g/mol. The van der Waals surface area contributed by atoms with Crippen LogP contribution in [0.1, 0.15) is 25.8 Å². The summed E-state index contributed by atoms with van der Waals surface area (Å²) in [7, 11) is 3.88. The fraction of sp³-hybridized carbons (Fsp3) is 0.333. The smallest absolute Gasteiger partial charge is 0.278 e. The molecule has 0 radical (unpaired) electrons. The van der Waals surface area contributed by atoms with Crippen molar-refractivity contribution >= 4 is 28.8 Å². The van der Waals surface area contributed by atoms with E-state index in [1.165, 1.54) is 29.2 Å². The van der Waals surface area contributed by atoms with Gasteiger partial charge >= 0.3 is 0 Å². The fourth-order valence-corrected chi connectivity index (χ4v) is 3.31. The molecule has 3 rings (SSSR count). The van der Waals surface area contributed by atoms with E-state index in [1.807, 2.05) is 57.1 Å². The predicted octanol–water partition coefficient (Wildman–Crippen LogP) is 3.90. The first kappa shape index (κ1) is 22.5. The van der Waals surface area contributed by atoms with Crippen molar-refractivity contribution in [3.63, 3.8) is 0 Å². The second kappa shape index (κ2) is 9.75. The molecule has 1 aliphatic heterocycles. The van der Waals surface area contributed by atoms with Gasteiger partial charge < -0.3 is 15.0 Å². The molecule has 0 saturated heterocycles. The van der Waals surface area contributed by atoms with E-state index in [0.717, 1.165) is 5.69 Å². The highest BCUT2D eigenvalue weighted by atomic mass is 19.1. The van der Waals surface area contributed by atoms with E-state index in [9.17, 15) is 14.0 Å². The Hall–Kier alpha value is -3.19. The highest BCUT2D eigenvalue weighted by Crippen LogP contribution is 2.31. The Morgan fingerprint density at radius 1 is 1.00 bits per heavy atom. The second-order valence-corrected chi connectivity index (χ2v) is 7.86. The number of ether oxygens (including phenoxy) is 1. The van der Waals surface area contributed by atoms with E-state index >= 15 is 0 Å². The molecule has 0 unspecified atom stereocenters. The van der Waals surface area contributed by atoms with Gasteiger partial charge in [0.05, 0.1) is 11.7 Å². The third-order valence-corrected chi connectivity index (χ3v) is 4.93. The molecule has 0 saturated carbocycles. The molecule has 2 aromatic rings. The quantitative estimate of drug-likeness (QED) is 0.488. The van der Waals surface area contributed by atoms with E-state index in [2.05, 4.69) is 5.32 Å². The maximum absolute atomic E-state index is 13.4. The zero-order chi connectivity index (χ0) is 22.5. The molecule has 0 aliphatic carbocycles. The molecule has 0 bridgehead atoms. The van der Waals surface area contributed by atoms with Crippen LogP contribution in [0.4, 0.5) is 15.8 Å². The van der Waals surface area contributed by atoms with Gasteiger partial charge in [0.25, 0.3) is 11.8 Å². The van der Waals surface area contributed by atoms with Gasteiger partial charge in [0, 0.05) is 38.6 Å². The minimum absolute atomic E-state index is 0.0836. The highest BCUT2D eigenvalue weighted by molar-refractivity contribution is 6.36. The van der Waals surface area contributed by atoms with Crippen molar-refractivity contribution in [2.45, 2.75) is 26.4 Å². The third-order valence-electron chi connectivity index (χ3n) is 4.93. The SMILES string of the molecule is CC(C)OCCCN1C(=O)C(Nc2ccc(N(C)C)cc2)=C(c2ccc(F)cc2)C1=O. The van der Waals surface area contributed by atoms with Gasteiger partial charge in [0.1, 0.15) is 11.5 Å². The number of benzene rings is 2. The van der Waals surface area contributed by atoms with Gasteiger partial charge in [-0.1, -0.05) is 12.1 Å². The lowest BCUT2D eigenvalue weighted by atomic mass is 10.0. The van der Waals surface area contributed by atoms with Gasteiger partial charge in [0.15, 0.2) is 0 Å². The summed E-state index contributed by atoms with van der Waals surface area (Å²) in [5.74, 6) is -1.20. The van der Waals surface area contributed by atoms with Crippen LogP contribution in [0.15, 0.2) is 54.2 Å². The predicted molar refractivity (Wildman–Crippen MR) is 120 cm³/mol. The molecule has 0 atom stereocenters. The number of nitrogens with one attached hydrogen (secondary N) is 1. The standard InChI is InChI=1S/C24H28FN3O3/c1-16(2)31-15-5-14-28-23(29)21(17-6-8-18(25)9-7-17)22(24(28)30)26-19-10-12-20(13-11-19)27(3)4/h6-13,16,26H,5,14-15H2,1-4H3. The molecule has 1 heterocycles. The van der Waals surface area contributed by atoms with Crippen LogP contribution < -0.4 is 10.2 Å². The Balaban J connectivity index is 1.88. The van der Waals surface area contributed by atoms with Crippen LogP contribution in [0.25, 0.3) is 5.57 Å². The van der Waals surface area contributed by atoms with Gasteiger partial charge in [-0.2, -0.15) is 0 Å². The Labute approximate surface area is 182 Å². The number of carbonyl (C=O) groups excluding carboxylic acids is 2. The van der Waals surface area contributed by atoms with Crippen molar-refractivity contribution in [1.29, 1.82) is 0 Å². The van der Waals surface area contributed by atoms with Crippen LogP contribution in [-0.4, -0.2) is 50.1 Å². The topological polar surface area (TPSA) is 61.9 Å². The van der Waals surface area contributed by atoms with Crippen molar-refractivity contribution < 1.29 is 18.7 Å². The molecular weight excluding hydrogens is 397 g/mol. The monoisotopic (exact) mass is 425 g/mol. The first-order valence-corrected chi connectivity index (χ1v) is 10.3. The minimum atomic E-state index is -0.405. The van der Waals surface area contributed by atoms with E-state index in [1.54, 1.807) is 0 Å². The van der Waals surface area contributed by atoms with E-state index in [0.29, 0.717) is 24.3 Å². The normalized spacial score (nSPS) is 14.1.